The normalized spacial score (nSPS) is 10.9. The molecule has 0 aliphatic carbocycles. The second kappa shape index (κ2) is 11.4. The van der Waals surface area contributed by atoms with E-state index in [1.165, 1.54) is 18.3 Å². The summed E-state index contributed by atoms with van der Waals surface area (Å²) in [6.45, 7) is 5.34. The van der Waals surface area contributed by atoms with Gasteiger partial charge < -0.3 is 21.1 Å². The molecule has 0 unspecified atom stereocenters. The van der Waals surface area contributed by atoms with Crippen molar-refractivity contribution < 1.29 is 14.7 Å². The van der Waals surface area contributed by atoms with Crippen molar-refractivity contribution in [2.45, 2.75) is 6.92 Å². The standard InChI is InChI=1S/C28H24N6O3/c1-3-19(28(36)37)16-24-18(2)30-15-12-25(24)33-23-8-9-26(31-17-23)27(35)34-21-6-4-20(5-7-21)32-22-10-13-29-14-11-22/h3-17H,1H2,2H3,(H,29,32)(H,30,33)(H,34,35)(H,36,37)/b19-16+. The van der Waals surface area contributed by atoms with E-state index in [0.717, 1.165) is 11.4 Å². The van der Waals surface area contributed by atoms with Crippen molar-refractivity contribution >= 4 is 46.4 Å². The van der Waals surface area contributed by atoms with Crippen LogP contribution in [0.2, 0.25) is 0 Å². The van der Waals surface area contributed by atoms with Gasteiger partial charge >= 0.3 is 5.97 Å². The first-order valence-corrected chi connectivity index (χ1v) is 11.3. The number of nitrogens with zero attached hydrogens (tertiary/aromatic N) is 3. The van der Waals surface area contributed by atoms with Gasteiger partial charge in [0, 0.05) is 52.6 Å². The Bertz CT molecular complexity index is 1450. The van der Waals surface area contributed by atoms with E-state index in [9.17, 15) is 14.7 Å². The fourth-order valence-electron chi connectivity index (χ4n) is 3.42. The van der Waals surface area contributed by atoms with Crippen LogP contribution in [0.5, 0.6) is 0 Å². The van der Waals surface area contributed by atoms with Crippen molar-refractivity contribution in [1.29, 1.82) is 0 Å². The van der Waals surface area contributed by atoms with Gasteiger partial charge in [-0.25, -0.2) is 9.78 Å². The van der Waals surface area contributed by atoms with Gasteiger partial charge in [-0.3, -0.25) is 14.8 Å². The maximum Gasteiger partial charge on any atom is 0.335 e. The lowest BCUT2D eigenvalue weighted by Crippen LogP contribution is -2.13. The molecule has 37 heavy (non-hydrogen) atoms. The predicted molar refractivity (Wildman–Crippen MR) is 144 cm³/mol. The van der Waals surface area contributed by atoms with Gasteiger partial charge in [-0.05, 0) is 67.6 Å². The zero-order valence-corrected chi connectivity index (χ0v) is 20.0. The molecule has 184 valence electrons. The predicted octanol–water partition coefficient (Wildman–Crippen LogP) is 5.57. The molecule has 4 N–H and O–H groups in total. The summed E-state index contributed by atoms with van der Waals surface area (Å²) in [4.78, 5) is 36.6. The largest absolute Gasteiger partial charge is 0.478 e. The van der Waals surface area contributed by atoms with Crippen molar-refractivity contribution in [3.63, 3.8) is 0 Å². The molecule has 3 aromatic heterocycles. The van der Waals surface area contributed by atoms with E-state index in [2.05, 4.69) is 37.5 Å². The number of anilines is 5. The summed E-state index contributed by atoms with van der Waals surface area (Å²) >= 11 is 0. The molecule has 0 saturated heterocycles. The highest BCUT2D eigenvalue weighted by Crippen LogP contribution is 2.25. The highest BCUT2D eigenvalue weighted by Gasteiger charge is 2.11. The van der Waals surface area contributed by atoms with E-state index in [-0.39, 0.29) is 17.2 Å². The van der Waals surface area contributed by atoms with E-state index in [1.54, 1.807) is 55.8 Å². The third-order valence-corrected chi connectivity index (χ3v) is 5.34. The van der Waals surface area contributed by atoms with Crippen LogP contribution in [0.1, 0.15) is 21.7 Å². The van der Waals surface area contributed by atoms with Crippen molar-refractivity contribution in [3.8, 4) is 0 Å². The molecular weight excluding hydrogens is 468 g/mol. The molecule has 0 radical (unpaired) electrons. The Morgan fingerprint density at radius 2 is 1.51 bits per heavy atom. The molecule has 0 atom stereocenters. The van der Waals surface area contributed by atoms with Gasteiger partial charge in [0.05, 0.1) is 17.5 Å². The number of hydrogen-bond acceptors (Lipinski definition) is 7. The Balaban J connectivity index is 1.43. The van der Waals surface area contributed by atoms with Crippen LogP contribution in [-0.4, -0.2) is 31.9 Å². The number of carbonyl (C=O) groups is 2. The minimum absolute atomic E-state index is 0.0467. The number of carbonyl (C=O) groups excluding carboxylic acids is 1. The number of aryl methyl sites for hydroxylation is 1. The number of aliphatic carboxylic acids is 1. The molecule has 3 heterocycles. The minimum atomic E-state index is -1.08. The van der Waals surface area contributed by atoms with E-state index in [0.29, 0.717) is 28.3 Å². The first kappa shape index (κ1) is 24.8. The number of nitrogens with one attached hydrogen (secondary N) is 3. The van der Waals surface area contributed by atoms with Gasteiger partial charge in [0.2, 0.25) is 0 Å². The van der Waals surface area contributed by atoms with Crippen LogP contribution in [-0.2, 0) is 4.79 Å². The summed E-state index contributed by atoms with van der Waals surface area (Å²) < 4.78 is 0. The van der Waals surface area contributed by atoms with Crippen molar-refractivity contribution in [1.82, 2.24) is 15.0 Å². The van der Waals surface area contributed by atoms with E-state index in [1.807, 2.05) is 24.3 Å². The number of hydrogen-bond donors (Lipinski definition) is 4. The van der Waals surface area contributed by atoms with E-state index >= 15 is 0 Å². The summed E-state index contributed by atoms with van der Waals surface area (Å²) in [5, 5.41) is 18.6. The fourth-order valence-corrected chi connectivity index (χ4v) is 3.42. The van der Waals surface area contributed by atoms with Gasteiger partial charge in [-0.2, -0.15) is 0 Å². The maximum absolute atomic E-state index is 12.7. The van der Waals surface area contributed by atoms with Crippen LogP contribution >= 0.6 is 0 Å². The zero-order valence-electron chi connectivity index (χ0n) is 20.0. The van der Waals surface area contributed by atoms with Crippen LogP contribution in [0.3, 0.4) is 0 Å². The molecule has 0 fully saturated rings. The molecular formula is C28H24N6O3. The number of carboxylic acid groups (broad SMARTS) is 1. The molecule has 0 aliphatic heterocycles. The molecule has 9 heteroatoms. The van der Waals surface area contributed by atoms with Gasteiger partial charge in [0.25, 0.3) is 5.91 Å². The van der Waals surface area contributed by atoms with Crippen LogP contribution in [0.4, 0.5) is 28.4 Å². The summed E-state index contributed by atoms with van der Waals surface area (Å²) in [6, 6.07) is 16.1. The number of rotatable bonds is 9. The molecule has 9 nitrogen and oxygen atoms in total. The highest BCUT2D eigenvalue weighted by molar-refractivity contribution is 6.03. The van der Waals surface area contributed by atoms with Crippen LogP contribution < -0.4 is 16.0 Å². The zero-order chi connectivity index (χ0) is 26.2. The average Bonchev–Trinajstić information content (AvgIpc) is 2.90. The average molecular weight is 493 g/mol. The summed E-state index contributed by atoms with van der Waals surface area (Å²) in [5.74, 6) is -1.43. The summed E-state index contributed by atoms with van der Waals surface area (Å²) in [6.07, 6.45) is 9.35. The molecule has 4 aromatic rings. The SMILES string of the molecule is C=C/C(=C\c1c(Nc2ccc(C(=O)Nc3ccc(Nc4ccncc4)cc3)nc2)ccnc1C)C(=O)O. The molecule has 4 rings (SSSR count). The monoisotopic (exact) mass is 492 g/mol. The van der Waals surface area contributed by atoms with E-state index in [4.69, 9.17) is 0 Å². The third-order valence-electron chi connectivity index (χ3n) is 5.34. The van der Waals surface area contributed by atoms with Crippen molar-refractivity contribution in [3.05, 3.63) is 115 Å². The second-order valence-electron chi connectivity index (χ2n) is 7.92. The maximum atomic E-state index is 12.7. The van der Waals surface area contributed by atoms with Crippen molar-refractivity contribution in [2.24, 2.45) is 0 Å². The Morgan fingerprint density at radius 3 is 2.16 bits per heavy atom. The lowest BCUT2D eigenvalue weighted by molar-refractivity contribution is -0.132. The quantitative estimate of drug-likeness (QED) is 0.176. The fraction of sp³-hybridized carbons (Fsp3) is 0.0357. The van der Waals surface area contributed by atoms with Crippen LogP contribution in [0, 0.1) is 6.92 Å². The molecule has 0 aliphatic rings. The van der Waals surface area contributed by atoms with Crippen LogP contribution in [0.25, 0.3) is 6.08 Å². The van der Waals surface area contributed by atoms with Crippen LogP contribution in [0.15, 0.2) is 97.6 Å². The smallest absolute Gasteiger partial charge is 0.335 e. The highest BCUT2D eigenvalue weighted by atomic mass is 16.4. The number of aromatic nitrogens is 3. The number of benzene rings is 1. The molecule has 1 amide bonds. The van der Waals surface area contributed by atoms with Gasteiger partial charge in [0.15, 0.2) is 0 Å². The second-order valence-corrected chi connectivity index (χ2v) is 7.92. The first-order chi connectivity index (χ1) is 17.9. The minimum Gasteiger partial charge on any atom is -0.478 e. The third kappa shape index (κ3) is 6.43. The molecule has 0 bridgehead atoms. The number of carboxylic acids is 1. The Morgan fingerprint density at radius 1 is 0.838 bits per heavy atom. The number of pyridine rings is 3. The first-order valence-electron chi connectivity index (χ1n) is 11.3. The van der Waals surface area contributed by atoms with E-state index < -0.39 is 5.97 Å². The molecule has 0 spiro atoms. The lowest BCUT2D eigenvalue weighted by Gasteiger charge is -2.12. The Labute approximate surface area is 213 Å². The Hall–Kier alpha value is -5.31. The summed E-state index contributed by atoms with van der Waals surface area (Å²) in [7, 11) is 0. The lowest BCUT2D eigenvalue weighted by atomic mass is 10.1. The molecule has 1 aromatic carbocycles. The number of amides is 1. The Kier molecular flexibility index (Phi) is 7.65. The van der Waals surface area contributed by atoms with Gasteiger partial charge in [0.1, 0.15) is 5.69 Å². The van der Waals surface area contributed by atoms with Gasteiger partial charge in [-0.15, -0.1) is 0 Å². The topological polar surface area (TPSA) is 129 Å². The molecule has 0 saturated carbocycles. The van der Waals surface area contributed by atoms with Gasteiger partial charge in [-0.1, -0.05) is 12.7 Å². The summed E-state index contributed by atoms with van der Waals surface area (Å²) in [5.41, 5.74) is 5.25. The van der Waals surface area contributed by atoms with Crippen molar-refractivity contribution in [2.75, 3.05) is 16.0 Å².